The zero-order valence-electron chi connectivity index (χ0n) is 18.1. The molecular formula is C24H27N3O4. The van der Waals surface area contributed by atoms with Gasteiger partial charge >= 0.3 is 5.97 Å². The van der Waals surface area contributed by atoms with Crippen LogP contribution in [-0.2, 0) is 14.3 Å². The zero-order chi connectivity index (χ0) is 22.4. The molecule has 7 nitrogen and oxygen atoms in total. The number of aromatic nitrogens is 1. The number of esters is 1. The molecule has 0 aliphatic heterocycles. The number of rotatable bonds is 7. The third-order valence-corrected chi connectivity index (χ3v) is 5.50. The molecule has 1 heterocycles. The van der Waals surface area contributed by atoms with E-state index in [1.807, 2.05) is 54.8 Å². The standard InChI is InChI=1S/C24H27N3O4/c1-16-12-18(17(2)27(16)21-8-10-22(30-3)11-9-21)13-19(14-25)24(29)31-15-23(28)26-20-6-4-5-7-20/h8-13,20H,4-7,15H2,1-3H3,(H,26,28)/b19-13+. The van der Waals surface area contributed by atoms with Gasteiger partial charge in [0.05, 0.1) is 7.11 Å². The third-order valence-electron chi connectivity index (χ3n) is 5.50. The molecule has 0 unspecified atom stereocenters. The van der Waals surface area contributed by atoms with Gasteiger partial charge < -0.3 is 19.4 Å². The van der Waals surface area contributed by atoms with Crippen molar-refractivity contribution in [1.29, 1.82) is 5.26 Å². The van der Waals surface area contributed by atoms with Gasteiger partial charge in [-0.25, -0.2) is 4.79 Å². The number of benzene rings is 1. The molecule has 1 N–H and O–H groups in total. The fourth-order valence-corrected chi connectivity index (χ4v) is 3.90. The van der Waals surface area contributed by atoms with Crippen LogP contribution in [0.1, 0.15) is 42.6 Å². The highest BCUT2D eigenvalue weighted by Gasteiger charge is 2.19. The van der Waals surface area contributed by atoms with E-state index in [-0.39, 0.29) is 24.1 Å². The van der Waals surface area contributed by atoms with Crippen LogP contribution in [0.2, 0.25) is 0 Å². The second kappa shape index (κ2) is 9.98. The monoisotopic (exact) mass is 421 g/mol. The fourth-order valence-electron chi connectivity index (χ4n) is 3.90. The van der Waals surface area contributed by atoms with Crippen molar-refractivity contribution in [3.8, 4) is 17.5 Å². The minimum Gasteiger partial charge on any atom is -0.497 e. The number of nitriles is 1. The summed E-state index contributed by atoms with van der Waals surface area (Å²) in [6.45, 7) is 3.48. The van der Waals surface area contributed by atoms with Crippen molar-refractivity contribution in [2.45, 2.75) is 45.6 Å². The normalized spacial score (nSPS) is 14.2. The number of methoxy groups -OCH3 is 1. The summed E-state index contributed by atoms with van der Waals surface area (Å²) < 4.78 is 12.3. The predicted molar refractivity (Wildman–Crippen MR) is 117 cm³/mol. The number of ether oxygens (including phenoxy) is 2. The topological polar surface area (TPSA) is 93.3 Å². The first-order chi connectivity index (χ1) is 14.9. The molecule has 2 aromatic rings. The van der Waals surface area contributed by atoms with Gasteiger partial charge in [0.2, 0.25) is 0 Å². The highest BCUT2D eigenvalue weighted by Crippen LogP contribution is 2.24. The smallest absolute Gasteiger partial charge is 0.349 e. The van der Waals surface area contributed by atoms with Gasteiger partial charge in [0.25, 0.3) is 5.91 Å². The third kappa shape index (κ3) is 5.34. The molecule has 1 saturated carbocycles. The Bertz CT molecular complexity index is 1020. The van der Waals surface area contributed by atoms with Crippen LogP contribution in [0.3, 0.4) is 0 Å². The van der Waals surface area contributed by atoms with E-state index in [0.717, 1.165) is 54.1 Å². The molecule has 1 amide bonds. The molecule has 0 saturated heterocycles. The quantitative estimate of drug-likeness (QED) is 0.419. The molecule has 0 spiro atoms. The Balaban J connectivity index is 1.71. The fraction of sp³-hybridized carbons (Fsp3) is 0.375. The Morgan fingerprint density at radius 2 is 1.90 bits per heavy atom. The number of amides is 1. The molecule has 3 rings (SSSR count). The predicted octanol–water partition coefficient (Wildman–Crippen LogP) is 3.61. The number of carbonyl (C=O) groups is 2. The molecule has 1 aromatic heterocycles. The van der Waals surface area contributed by atoms with Crippen LogP contribution >= 0.6 is 0 Å². The number of hydrogen-bond acceptors (Lipinski definition) is 5. The Hall–Kier alpha value is -3.53. The number of nitrogens with one attached hydrogen (secondary N) is 1. The summed E-state index contributed by atoms with van der Waals surface area (Å²) in [5, 5.41) is 12.3. The van der Waals surface area contributed by atoms with Crippen molar-refractivity contribution in [3.63, 3.8) is 0 Å². The molecule has 1 fully saturated rings. The second-order valence-electron chi connectivity index (χ2n) is 7.65. The van der Waals surface area contributed by atoms with Gasteiger partial charge in [-0.1, -0.05) is 12.8 Å². The summed E-state index contributed by atoms with van der Waals surface area (Å²) in [4.78, 5) is 24.3. The van der Waals surface area contributed by atoms with E-state index in [9.17, 15) is 14.9 Å². The minimum atomic E-state index is -0.807. The van der Waals surface area contributed by atoms with Crippen molar-refractivity contribution in [2.24, 2.45) is 0 Å². The van der Waals surface area contributed by atoms with Crippen LogP contribution in [0.25, 0.3) is 11.8 Å². The van der Waals surface area contributed by atoms with E-state index in [4.69, 9.17) is 9.47 Å². The molecule has 0 bridgehead atoms. The van der Waals surface area contributed by atoms with E-state index >= 15 is 0 Å². The largest absolute Gasteiger partial charge is 0.497 e. The Morgan fingerprint density at radius 1 is 1.23 bits per heavy atom. The van der Waals surface area contributed by atoms with Crippen molar-refractivity contribution < 1.29 is 19.1 Å². The van der Waals surface area contributed by atoms with Gasteiger partial charge in [0.15, 0.2) is 6.61 Å². The van der Waals surface area contributed by atoms with Crippen LogP contribution in [0.15, 0.2) is 35.9 Å². The van der Waals surface area contributed by atoms with Crippen LogP contribution in [0.5, 0.6) is 5.75 Å². The van der Waals surface area contributed by atoms with Crippen LogP contribution < -0.4 is 10.1 Å². The van der Waals surface area contributed by atoms with Crippen LogP contribution in [0.4, 0.5) is 0 Å². The SMILES string of the molecule is COc1ccc(-n2c(C)cc(/C=C(\C#N)C(=O)OCC(=O)NC3CCCC3)c2C)cc1. The van der Waals surface area contributed by atoms with Crippen LogP contribution in [-0.4, -0.2) is 36.2 Å². The van der Waals surface area contributed by atoms with Gasteiger partial charge in [-0.15, -0.1) is 0 Å². The summed E-state index contributed by atoms with van der Waals surface area (Å²) in [7, 11) is 1.62. The van der Waals surface area contributed by atoms with E-state index in [1.54, 1.807) is 7.11 Å². The lowest BCUT2D eigenvalue weighted by Gasteiger charge is -2.11. The average Bonchev–Trinajstić information content (AvgIpc) is 3.37. The number of nitrogens with zero attached hydrogens (tertiary/aromatic N) is 2. The van der Waals surface area contributed by atoms with Crippen molar-refractivity contribution in [2.75, 3.05) is 13.7 Å². The molecule has 1 aliphatic carbocycles. The molecule has 7 heteroatoms. The second-order valence-corrected chi connectivity index (χ2v) is 7.65. The van der Waals surface area contributed by atoms with Gasteiger partial charge in [0, 0.05) is 23.1 Å². The first-order valence-electron chi connectivity index (χ1n) is 10.3. The minimum absolute atomic E-state index is 0.149. The summed E-state index contributed by atoms with van der Waals surface area (Å²) in [6, 6.07) is 11.6. The summed E-state index contributed by atoms with van der Waals surface area (Å²) >= 11 is 0. The molecule has 31 heavy (non-hydrogen) atoms. The molecule has 1 aliphatic rings. The highest BCUT2D eigenvalue weighted by atomic mass is 16.5. The maximum atomic E-state index is 12.4. The average molecular weight is 421 g/mol. The van der Waals surface area contributed by atoms with E-state index < -0.39 is 5.97 Å². The van der Waals surface area contributed by atoms with E-state index in [0.29, 0.717) is 0 Å². The van der Waals surface area contributed by atoms with Gasteiger partial charge in [0.1, 0.15) is 17.4 Å². The lowest BCUT2D eigenvalue weighted by Crippen LogP contribution is -2.36. The van der Waals surface area contributed by atoms with Gasteiger partial charge in [-0.05, 0) is 68.7 Å². The highest BCUT2D eigenvalue weighted by molar-refractivity contribution is 5.99. The molecule has 1 aromatic carbocycles. The van der Waals surface area contributed by atoms with E-state index in [2.05, 4.69) is 5.32 Å². The maximum absolute atomic E-state index is 12.4. The lowest BCUT2D eigenvalue weighted by molar-refractivity contribution is -0.144. The first kappa shape index (κ1) is 22.2. The number of hydrogen-bond donors (Lipinski definition) is 1. The molecular weight excluding hydrogens is 394 g/mol. The molecule has 0 radical (unpaired) electrons. The summed E-state index contributed by atoms with van der Waals surface area (Å²) in [5.41, 5.74) is 3.36. The zero-order valence-corrected chi connectivity index (χ0v) is 18.1. The molecule has 0 atom stereocenters. The van der Waals surface area contributed by atoms with Crippen LogP contribution in [0, 0.1) is 25.2 Å². The van der Waals surface area contributed by atoms with Crippen molar-refractivity contribution in [3.05, 3.63) is 52.9 Å². The van der Waals surface area contributed by atoms with Gasteiger partial charge in [-0.3, -0.25) is 4.79 Å². The molecule has 162 valence electrons. The van der Waals surface area contributed by atoms with Crippen molar-refractivity contribution in [1.82, 2.24) is 9.88 Å². The summed E-state index contributed by atoms with van der Waals surface area (Å²) in [6.07, 6.45) is 5.60. The number of aryl methyl sites for hydroxylation is 1. The first-order valence-corrected chi connectivity index (χ1v) is 10.3. The van der Waals surface area contributed by atoms with Crippen molar-refractivity contribution >= 4 is 18.0 Å². The maximum Gasteiger partial charge on any atom is 0.349 e. The lowest BCUT2D eigenvalue weighted by atomic mass is 10.1. The van der Waals surface area contributed by atoms with Gasteiger partial charge in [-0.2, -0.15) is 5.26 Å². The Morgan fingerprint density at radius 3 is 2.52 bits per heavy atom. The Kier molecular flexibility index (Phi) is 7.14. The van der Waals surface area contributed by atoms with E-state index in [1.165, 1.54) is 6.08 Å². The Labute approximate surface area is 182 Å². The number of carbonyl (C=O) groups excluding carboxylic acids is 2. The summed E-state index contributed by atoms with van der Waals surface area (Å²) in [5.74, 6) is -0.383.